The molecule has 0 unspecified atom stereocenters. The second-order valence-electron chi connectivity index (χ2n) is 6.80. The van der Waals surface area contributed by atoms with Crippen molar-refractivity contribution in [3.05, 3.63) is 70.8 Å². The molecular weight excluding hydrogens is 393 g/mol. The van der Waals surface area contributed by atoms with Gasteiger partial charge >= 0.3 is 6.18 Å². The second kappa shape index (κ2) is 7.82. The van der Waals surface area contributed by atoms with Crippen molar-refractivity contribution < 1.29 is 26.4 Å². The Morgan fingerprint density at radius 3 is 2.46 bits per heavy atom. The Hall–Kier alpha value is -1.94. The van der Waals surface area contributed by atoms with E-state index in [1.165, 1.54) is 17.2 Å². The molecular formula is C19H21F3N2O3S. The fourth-order valence-electron chi connectivity index (χ4n) is 3.26. The lowest BCUT2D eigenvalue weighted by atomic mass is 10.0. The van der Waals surface area contributed by atoms with Crippen molar-refractivity contribution in [1.29, 1.82) is 0 Å². The highest BCUT2D eigenvalue weighted by molar-refractivity contribution is 7.90. The molecule has 0 aromatic heterocycles. The van der Waals surface area contributed by atoms with Crippen LogP contribution in [0.25, 0.3) is 0 Å². The molecule has 0 radical (unpaired) electrons. The highest BCUT2D eigenvalue weighted by Gasteiger charge is 2.43. The van der Waals surface area contributed by atoms with Crippen LogP contribution < -0.4 is 4.72 Å². The molecule has 1 aliphatic rings. The zero-order valence-corrected chi connectivity index (χ0v) is 16.2. The summed E-state index contributed by atoms with van der Waals surface area (Å²) in [6.45, 7) is 1.97. The van der Waals surface area contributed by atoms with Crippen LogP contribution in [0, 0.1) is 6.92 Å². The van der Waals surface area contributed by atoms with Crippen molar-refractivity contribution in [2.24, 2.45) is 0 Å². The van der Waals surface area contributed by atoms with Gasteiger partial charge in [-0.3, -0.25) is 4.84 Å². The quantitative estimate of drug-likeness (QED) is 0.815. The number of aryl methyl sites for hydroxylation is 1. The van der Waals surface area contributed by atoms with E-state index in [0.717, 1.165) is 23.3 Å². The van der Waals surface area contributed by atoms with E-state index in [-0.39, 0.29) is 13.2 Å². The van der Waals surface area contributed by atoms with Gasteiger partial charge in [-0.05, 0) is 30.2 Å². The van der Waals surface area contributed by atoms with Gasteiger partial charge in [0, 0.05) is 13.6 Å². The Morgan fingerprint density at radius 1 is 1.18 bits per heavy atom. The van der Waals surface area contributed by atoms with E-state index >= 15 is 0 Å². The third kappa shape index (κ3) is 4.54. The fourth-order valence-corrected chi connectivity index (χ4v) is 4.75. The van der Waals surface area contributed by atoms with Crippen molar-refractivity contribution in [3.63, 3.8) is 0 Å². The first-order valence-corrected chi connectivity index (χ1v) is 10.2. The molecule has 0 bridgehead atoms. The molecule has 5 nitrogen and oxygen atoms in total. The van der Waals surface area contributed by atoms with E-state index in [1.807, 2.05) is 31.2 Å². The van der Waals surface area contributed by atoms with Crippen LogP contribution >= 0.6 is 0 Å². The normalized spacial score (nSPS) is 21.2. The fraction of sp³-hybridized carbons (Fsp3) is 0.368. The molecule has 0 amide bonds. The number of sulfonamides is 1. The monoisotopic (exact) mass is 414 g/mol. The van der Waals surface area contributed by atoms with Crippen LogP contribution in [0.2, 0.25) is 0 Å². The maximum absolute atomic E-state index is 12.8. The predicted molar refractivity (Wildman–Crippen MR) is 98.6 cm³/mol. The highest BCUT2D eigenvalue weighted by Crippen LogP contribution is 2.35. The highest BCUT2D eigenvalue weighted by atomic mass is 32.2. The van der Waals surface area contributed by atoms with Crippen LogP contribution in [0.4, 0.5) is 13.2 Å². The van der Waals surface area contributed by atoms with Gasteiger partial charge in [0.15, 0.2) is 0 Å². The first-order chi connectivity index (χ1) is 13.1. The van der Waals surface area contributed by atoms with Gasteiger partial charge in [0.2, 0.25) is 10.0 Å². The van der Waals surface area contributed by atoms with Crippen LogP contribution in [-0.2, 0) is 27.6 Å². The van der Waals surface area contributed by atoms with Crippen LogP contribution in [0.5, 0.6) is 0 Å². The summed E-state index contributed by atoms with van der Waals surface area (Å²) in [6.07, 6.45) is -4.45. The molecule has 2 aromatic rings. The van der Waals surface area contributed by atoms with E-state index in [1.54, 1.807) is 7.05 Å². The number of nitrogens with zero attached hydrogens (tertiary/aromatic N) is 1. The van der Waals surface area contributed by atoms with E-state index < -0.39 is 33.1 Å². The predicted octanol–water partition coefficient (Wildman–Crippen LogP) is 3.42. The minimum absolute atomic E-state index is 0.0780. The summed E-state index contributed by atoms with van der Waals surface area (Å²) < 4.78 is 66.6. The Morgan fingerprint density at radius 2 is 1.86 bits per heavy atom. The van der Waals surface area contributed by atoms with Crippen LogP contribution in [-0.4, -0.2) is 32.4 Å². The van der Waals surface area contributed by atoms with Crippen molar-refractivity contribution in [3.8, 4) is 0 Å². The number of benzene rings is 2. The van der Waals surface area contributed by atoms with Crippen LogP contribution in [0.3, 0.4) is 0 Å². The van der Waals surface area contributed by atoms with Gasteiger partial charge in [0.25, 0.3) is 0 Å². The van der Waals surface area contributed by atoms with E-state index in [0.29, 0.717) is 5.56 Å². The zero-order chi connectivity index (χ0) is 20.5. The Kier molecular flexibility index (Phi) is 5.81. The largest absolute Gasteiger partial charge is 0.416 e. The minimum atomic E-state index is -4.45. The van der Waals surface area contributed by atoms with Crippen molar-refractivity contribution >= 4 is 10.0 Å². The van der Waals surface area contributed by atoms with Gasteiger partial charge in [-0.1, -0.05) is 42.0 Å². The molecule has 1 fully saturated rings. The molecule has 1 heterocycles. The number of halogens is 3. The van der Waals surface area contributed by atoms with Crippen molar-refractivity contribution in [2.45, 2.75) is 30.9 Å². The lowest BCUT2D eigenvalue weighted by molar-refractivity contribution is -0.137. The molecule has 2 aromatic carbocycles. The lowest BCUT2D eigenvalue weighted by Gasteiger charge is -2.23. The first kappa shape index (κ1) is 20.8. The molecule has 1 aliphatic heterocycles. The van der Waals surface area contributed by atoms with Gasteiger partial charge in [-0.15, -0.1) is 0 Å². The summed E-state index contributed by atoms with van der Waals surface area (Å²) >= 11 is 0. The molecule has 3 rings (SSSR count). The molecule has 0 saturated carbocycles. The maximum atomic E-state index is 12.8. The summed E-state index contributed by atoms with van der Waals surface area (Å²) in [4.78, 5) is 5.38. The van der Waals surface area contributed by atoms with E-state index in [4.69, 9.17) is 4.84 Å². The minimum Gasteiger partial charge on any atom is -0.297 e. The molecule has 152 valence electrons. The third-order valence-corrected chi connectivity index (χ3v) is 6.46. The SMILES string of the molecule is Cc1cccc(CNS(=O)(=O)[C@H]2CON(C)[C@H]2c2ccc(C(F)(F)F)cc2)c1. The molecule has 0 aliphatic carbocycles. The van der Waals surface area contributed by atoms with Gasteiger partial charge in [0.05, 0.1) is 18.2 Å². The molecule has 1 N–H and O–H groups in total. The number of hydroxylamine groups is 2. The van der Waals surface area contributed by atoms with Gasteiger partial charge in [-0.2, -0.15) is 18.2 Å². The smallest absolute Gasteiger partial charge is 0.297 e. The second-order valence-corrected chi connectivity index (χ2v) is 8.78. The van der Waals surface area contributed by atoms with Crippen LogP contribution in [0.15, 0.2) is 48.5 Å². The Bertz CT molecular complexity index is 930. The topological polar surface area (TPSA) is 58.6 Å². The Labute approximate surface area is 162 Å². The van der Waals surface area contributed by atoms with E-state index in [9.17, 15) is 21.6 Å². The van der Waals surface area contributed by atoms with Crippen LogP contribution in [0.1, 0.15) is 28.3 Å². The number of hydrogen-bond donors (Lipinski definition) is 1. The molecule has 28 heavy (non-hydrogen) atoms. The number of rotatable bonds is 5. The summed E-state index contributed by atoms with van der Waals surface area (Å²) in [7, 11) is -2.21. The van der Waals surface area contributed by atoms with Gasteiger partial charge in [0.1, 0.15) is 5.25 Å². The summed E-state index contributed by atoms with van der Waals surface area (Å²) in [5.74, 6) is 0. The van der Waals surface area contributed by atoms with Gasteiger partial charge < -0.3 is 0 Å². The standard InChI is InChI=1S/C19H21F3N2O3S/c1-13-4-3-5-14(10-13)11-23-28(25,26)17-12-27-24(2)18(17)15-6-8-16(9-7-15)19(20,21)22/h3-10,17-18,23H,11-12H2,1-2H3/t17-,18-/m0/s1. The lowest BCUT2D eigenvalue weighted by Crippen LogP contribution is -2.39. The molecule has 0 spiro atoms. The molecule has 1 saturated heterocycles. The number of hydrogen-bond acceptors (Lipinski definition) is 4. The number of alkyl halides is 3. The van der Waals surface area contributed by atoms with Crippen molar-refractivity contribution in [1.82, 2.24) is 9.79 Å². The average Bonchev–Trinajstić information content (AvgIpc) is 3.02. The summed E-state index contributed by atoms with van der Waals surface area (Å²) in [6, 6.07) is 11.2. The maximum Gasteiger partial charge on any atom is 0.416 e. The number of nitrogens with one attached hydrogen (secondary N) is 1. The third-order valence-electron chi connectivity index (χ3n) is 4.72. The van der Waals surface area contributed by atoms with E-state index in [2.05, 4.69) is 4.72 Å². The molecule has 9 heteroatoms. The Balaban J connectivity index is 1.79. The first-order valence-electron chi connectivity index (χ1n) is 8.65. The summed E-state index contributed by atoms with van der Waals surface area (Å²) in [5.41, 5.74) is 1.50. The van der Waals surface area contributed by atoms with Gasteiger partial charge in [-0.25, -0.2) is 13.1 Å². The zero-order valence-electron chi connectivity index (χ0n) is 15.4. The molecule has 2 atom stereocenters. The van der Waals surface area contributed by atoms with Crippen molar-refractivity contribution in [2.75, 3.05) is 13.7 Å². The summed E-state index contributed by atoms with van der Waals surface area (Å²) in [5, 5.41) is 0.429. The average molecular weight is 414 g/mol.